The predicted molar refractivity (Wildman–Crippen MR) is 117 cm³/mol. The number of unbranched alkanes of at least 4 members (excludes halogenated alkanes) is 2. The minimum Gasteiger partial charge on any atom is -0.429 e. The zero-order chi connectivity index (χ0) is 23.1. The molecule has 11 nitrogen and oxygen atoms in total. The first-order valence-corrected chi connectivity index (χ1v) is 10.2. The van der Waals surface area contributed by atoms with E-state index < -0.39 is 18.2 Å². The van der Waals surface area contributed by atoms with E-state index in [1.807, 2.05) is 25.1 Å². The maximum absolute atomic E-state index is 12.7. The highest BCUT2D eigenvalue weighted by Crippen LogP contribution is 2.12. The fourth-order valence-electron chi connectivity index (χ4n) is 2.76. The Morgan fingerprint density at radius 2 is 1.81 bits per heavy atom. The average Bonchev–Trinajstić information content (AvgIpc) is 2.72. The maximum Gasteiger partial charge on any atom is 0.516 e. The molecular weight excluding hydrogens is 402 g/mol. The first-order chi connectivity index (χ1) is 14.8. The second-order valence-corrected chi connectivity index (χ2v) is 6.87. The van der Waals surface area contributed by atoms with Crippen LogP contribution in [0.15, 0.2) is 30.3 Å². The Morgan fingerprint density at radius 3 is 2.42 bits per heavy atom. The maximum atomic E-state index is 12.7. The Bertz CT molecular complexity index is 715. The van der Waals surface area contributed by atoms with Crippen LogP contribution in [-0.4, -0.2) is 48.2 Å². The SMILES string of the molecule is CCCCN(NC(=N)N)[C@H](CCCCNC(=N)N)C(=O)OC(=O)OCc1ccccc1. The Labute approximate surface area is 182 Å². The van der Waals surface area contributed by atoms with Crippen molar-refractivity contribution in [3.8, 4) is 0 Å². The van der Waals surface area contributed by atoms with E-state index >= 15 is 0 Å². The quantitative estimate of drug-likeness (QED) is 0.0666. The lowest BCUT2D eigenvalue weighted by molar-refractivity contribution is -0.147. The summed E-state index contributed by atoms with van der Waals surface area (Å²) in [7, 11) is 0. The predicted octanol–water partition coefficient (Wildman–Crippen LogP) is 1.39. The fraction of sp³-hybridized carbons (Fsp3) is 0.500. The van der Waals surface area contributed by atoms with Gasteiger partial charge >= 0.3 is 12.1 Å². The van der Waals surface area contributed by atoms with Crippen LogP contribution in [0.4, 0.5) is 4.79 Å². The Balaban J connectivity index is 2.72. The number of rotatable bonds is 13. The van der Waals surface area contributed by atoms with Gasteiger partial charge in [0.25, 0.3) is 0 Å². The van der Waals surface area contributed by atoms with Crippen LogP contribution >= 0.6 is 0 Å². The molecule has 172 valence electrons. The van der Waals surface area contributed by atoms with Gasteiger partial charge in [-0.2, -0.15) is 0 Å². The van der Waals surface area contributed by atoms with Crippen LogP contribution in [0, 0.1) is 10.8 Å². The van der Waals surface area contributed by atoms with Crippen molar-refractivity contribution in [3.63, 3.8) is 0 Å². The van der Waals surface area contributed by atoms with Gasteiger partial charge in [0, 0.05) is 13.1 Å². The smallest absolute Gasteiger partial charge is 0.429 e. The molecule has 0 radical (unpaired) electrons. The van der Waals surface area contributed by atoms with Gasteiger partial charge in [-0.15, -0.1) is 0 Å². The number of nitrogens with two attached hydrogens (primary N) is 2. The van der Waals surface area contributed by atoms with E-state index in [-0.39, 0.29) is 18.5 Å². The summed E-state index contributed by atoms with van der Waals surface area (Å²) in [5.41, 5.74) is 14.1. The van der Waals surface area contributed by atoms with Gasteiger partial charge in [-0.25, -0.2) is 14.6 Å². The molecule has 1 aromatic rings. The molecule has 1 atom stereocenters. The Hall–Kier alpha value is -3.34. The second kappa shape index (κ2) is 14.6. The molecule has 0 unspecified atom stereocenters. The van der Waals surface area contributed by atoms with E-state index in [0.29, 0.717) is 32.4 Å². The lowest BCUT2D eigenvalue weighted by atomic mass is 10.1. The monoisotopic (exact) mass is 435 g/mol. The average molecular weight is 436 g/mol. The van der Waals surface area contributed by atoms with E-state index in [9.17, 15) is 9.59 Å². The van der Waals surface area contributed by atoms with Crippen LogP contribution < -0.4 is 22.2 Å². The highest BCUT2D eigenvalue weighted by molar-refractivity contribution is 5.86. The summed E-state index contributed by atoms with van der Waals surface area (Å²) in [6, 6.07) is 8.19. The summed E-state index contributed by atoms with van der Waals surface area (Å²) < 4.78 is 9.93. The van der Waals surface area contributed by atoms with Gasteiger partial charge < -0.3 is 26.3 Å². The number of carbonyl (C=O) groups is 2. The Morgan fingerprint density at radius 1 is 1.10 bits per heavy atom. The molecule has 0 heterocycles. The molecule has 0 saturated carbocycles. The number of guanidine groups is 2. The van der Waals surface area contributed by atoms with Crippen molar-refractivity contribution in [3.05, 3.63) is 35.9 Å². The molecule has 11 heteroatoms. The largest absolute Gasteiger partial charge is 0.516 e. The highest BCUT2D eigenvalue weighted by Gasteiger charge is 2.29. The van der Waals surface area contributed by atoms with Gasteiger partial charge in [-0.1, -0.05) is 43.7 Å². The number of nitrogens with zero attached hydrogens (tertiary/aromatic N) is 1. The lowest BCUT2D eigenvalue weighted by Crippen LogP contribution is -2.54. The van der Waals surface area contributed by atoms with Gasteiger partial charge in [-0.3, -0.25) is 16.2 Å². The first kappa shape index (κ1) is 25.7. The van der Waals surface area contributed by atoms with E-state index in [1.165, 1.54) is 5.01 Å². The van der Waals surface area contributed by atoms with Gasteiger partial charge in [-0.05, 0) is 31.2 Å². The van der Waals surface area contributed by atoms with Crippen molar-refractivity contribution in [1.29, 1.82) is 10.8 Å². The van der Waals surface area contributed by atoms with Crippen LogP contribution in [0.1, 0.15) is 44.6 Å². The van der Waals surface area contributed by atoms with Gasteiger partial charge in [0.1, 0.15) is 12.6 Å². The Kier molecular flexibility index (Phi) is 12.1. The molecule has 1 rings (SSSR count). The third-order valence-electron chi connectivity index (χ3n) is 4.27. The third kappa shape index (κ3) is 11.4. The van der Waals surface area contributed by atoms with Crippen LogP contribution in [0.25, 0.3) is 0 Å². The molecule has 8 N–H and O–H groups in total. The van der Waals surface area contributed by atoms with Gasteiger partial charge in [0.15, 0.2) is 5.96 Å². The molecule has 0 fully saturated rings. The first-order valence-electron chi connectivity index (χ1n) is 10.2. The number of esters is 1. The van der Waals surface area contributed by atoms with Crippen LogP contribution in [-0.2, 0) is 20.9 Å². The molecule has 0 aliphatic rings. The van der Waals surface area contributed by atoms with Gasteiger partial charge in [0.2, 0.25) is 5.96 Å². The normalized spacial score (nSPS) is 11.4. The molecule has 0 saturated heterocycles. The van der Waals surface area contributed by atoms with Crippen molar-refractivity contribution in [2.45, 2.75) is 51.7 Å². The number of hydrogen-bond acceptors (Lipinski definition) is 7. The summed E-state index contributed by atoms with van der Waals surface area (Å²) in [5, 5.41) is 18.9. The van der Waals surface area contributed by atoms with Crippen molar-refractivity contribution in [2.75, 3.05) is 13.1 Å². The zero-order valence-electron chi connectivity index (χ0n) is 17.9. The molecule has 0 bridgehead atoms. The summed E-state index contributed by atoms with van der Waals surface area (Å²) in [5.74, 6) is -1.24. The molecule has 0 aliphatic carbocycles. The fourth-order valence-corrected chi connectivity index (χ4v) is 2.76. The minimum absolute atomic E-state index is 0.0143. The van der Waals surface area contributed by atoms with Crippen molar-refractivity contribution >= 4 is 24.0 Å². The van der Waals surface area contributed by atoms with Crippen molar-refractivity contribution in [1.82, 2.24) is 15.8 Å². The molecule has 31 heavy (non-hydrogen) atoms. The van der Waals surface area contributed by atoms with Crippen molar-refractivity contribution in [2.24, 2.45) is 11.5 Å². The van der Waals surface area contributed by atoms with E-state index in [4.69, 9.17) is 31.8 Å². The van der Waals surface area contributed by atoms with Gasteiger partial charge in [0.05, 0.1) is 0 Å². The lowest BCUT2D eigenvalue weighted by Gasteiger charge is -2.30. The zero-order valence-corrected chi connectivity index (χ0v) is 17.9. The number of benzene rings is 1. The van der Waals surface area contributed by atoms with E-state index in [0.717, 1.165) is 18.4 Å². The number of hydrazine groups is 1. The molecular formula is C20H33N7O4. The summed E-state index contributed by atoms with van der Waals surface area (Å²) >= 11 is 0. The molecule has 1 aromatic carbocycles. The number of ether oxygens (including phenoxy) is 2. The second-order valence-electron chi connectivity index (χ2n) is 6.87. The van der Waals surface area contributed by atoms with Crippen LogP contribution in [0.5, 0.6) is 0 Å². The summed E-state index contributed by atoms with van der Waals surface area (Å²) in [4.78, 5) is 24.8. The number of hydrogen-bond donors (Lipinski definition) is 6. The third-order valence-corrected chi connectivity index (χ3v) is 4.27. The van der Waals surface area contributed by atoms with E-state index in [1.54, 1.807) is 12.1 Å². The van der Waals surface area contributed by atoms with Crippen LogP contribution in [0.3, 0.4) is 0 Å². The molecule has 0 amide bonds. The molecule has 0 aliphatic heterocycles. The molecule has 0 spiro atoms. The minimum atomic E-state index is -1.09. The summed E-state index contributed by atoms with van der Waals surface area (Å²) in [6.45, 7) is 2.89. The van der Waals surface area contributed by atoms with Crippen LogP contribution in [0.2, 0.25) is 0 Å². The molecule has 0 aromatic heterocycles. The topological polar surface area (TPSA) is 180 Å². The number of nitrogens with one attached hydrogen (secondary N) is 4. The standard InChI is InChI=1S/C20H33N7O4/c1-2-3-13-27(26-19(23)24)16(11-7-8-12-25-18(21)22)17(28)31-20(29)30-14-15-9-5-4-6-10-15/h4-6,9-10,16H,2-3,7-8,11-14H2,1H3,(H4,21,22,25)(H4,23,24,26)/t16-/m1/s1. The highest BCUT2D eigenvalue weighted by atomic mass is 16.7. The van der Waals surface area contributed by atoms with Crippen molar-refractivity contribution < 1.29 is 19.1 Å². The number of carbonyl (C=O) groups excluding carboxylic acids is 2. The van der Waals surface area contributed by atoms with E-state index in [2.05, 4.69) is 10.7 Å². The summed E-state index contributed by atoms with van der Waals surface area (Å²) in [6.07, 6.45) is 2.09.